The Morgan fingerprint density at radius 1 is 1.13 bits per heavy atom. The van der Waals surface area contributed by atoms with Gasteiger partial charge in [-0.15, -0.1) is 0 Å². The van der Waals surface area contributed by atoms with Crippen molar-refractivity contribution in [2.45, 2.75) is 76.7 Å². The number of ether oxygens (including phenoxy) is 3. The summed E-state index contributed by atoms with van der Waals surface area (Å²) in [5, 5.41) is 2.76. The van der Waals surface area contributed by atoms with Crippen LogP contribution < -0.4 is 10.1 Å². The molecule has 0 aromatic heterocycles. The van der Waals surface area contributed by atoms with E-state index in [1.807, 2.05) is 6.92 Å². The first-order valence-corrected chi connectivity index (χ1v) is 10.6. The maximum atomic E-state index is 14.3. The molecular formula is C22H29F4NO4. The Labute approximate surface area is 179 Å². The second-order valence-electron chi connectivity index (χ2n) is 8.48. The molecule has 2 fully saturated rings. The highest BCUT2D eigenvalue weighted by Crippen LogP contribution is 2.48. The van der Waals surface area contributed by atoms with Gasteiger partial charge in [0.15, 0.2) is 0 Å². The van der Waals surface area contributed by atoms with E-state index < -0.39 is 23.5 Å². The van der Waals surface area contributed by atoms with Gasteiger partial charge < -0.3 is 19.5 Å². The van der Waals surface area contributed by atoms with Gasteiger partial charge in [-0.2, -0.15) is 0 Å². The van der Waals surface area contributed by atoms with E-state index in [4.69, 9.17) is 14.2 Å². The Morgan fingerprint density at radius 3 is 2.19 bits per heavy atom. The monoisotopic (exact) mass is 447 g/mol. The highest BCUT2D eigenvalue weighted by Gasteiger charge is 2.57. The van der Waals surface area contributed by atoms with Gasteiger partial charge in [-0.05, 0) is 32.6 Å². The van der Waals surface area contributed by atoms with Crippen LogP contribution in [0.25, 0.3) is 0 Å². The van der Waals surface area contributed by atoms with Gasteiger partial charge in [0.1, 0.15) is 17.4 Å². The van der Waals surface area contributed by atoms with Crippen molar-refractivity contribution in [2.75, 3.05) is 13.2 Å². The Bertz CT molecular complexity index is 745. The van der Waals surface area contributed by atoms with Crippen LogP contribution in [0.5, 0.6) is 5.75 Å². The zero-order valence-electron chi connectivity index (χ0n) is 17.8. The maximum absolute atomic E-state index is 14.3. The second kappa shape index (κ2) is 10.2. The highest BCUT2D eigenvalue weighted by atomic mass is 19.3. The van der Waals surface area contributed by atoms with Crippen molar-refractivity contribution in [1.82, 2.24) is 5.32 Å². The summed E-state index contributed by atoms with van der Waals surface area (Å²) in [6.07, 6.45) is 2.63. The van der Waals surface area contributed by atoms with Crippen molar-refractivity contribution < 1.29 is 36.6 Å². The first-order valence-electron chi connectivity index (χ1n) is 10.6. The molecule has 1 aromatic rings. The van der Waals surface area contributed by atoms with E-state index in [-0.39, 0.29) is 55.1 Å². The molecule has 2 saturated carbocycles. The van der Waals surface area contributed by atoms with E-state index in [1.165, 1.54) is 6.92 Å². The van der Waals surface area contributed by atoms with Crippen LogP contribution in [0.4, 0.5) is 17.6 Å². The minimum absolute atomic E-state index is 0.0647. The first-order chi connectivity index (χ1) is 14.6. The van der Waals surface area contributed by atoms with Crippen molar-refractivity contribution in [3.05, 3.63) is 29.3 Å². The summed E-state index contributed by atoms with van der Waals surface area (Å²) < 4.78 is 71.0. The molecule has 5 nitrogen and oxygen atoms in total. The number of halogens is 4. The molecule has 2 aliphatic carbocycles. The summed E-state index contributed by atoms with van der Waals surface area (Å²) in [4.78, 5) is 11.0. The number of hydrogen-bond acceptors (Lipinski definition) is 4. The molecule has 3 rings (SSSR count). The van der Waals surface area contributed by atoms with Crippen LogP contribution in [0.1, 0.15) is 51.5 Å². The summed E-state index contributed by atoms with van der Waals surface area (Å²) in [7, 11) is 0. The van der Waals surface area contributed by atoms with Gasteiger partial charge in [0.25, 0.3) is 5.92 Å². The lowest BCUT2D eigenvalue weighted by atomic mass is 9.95. The van der Waals surface area contributed by atoms with Crippen LogP contribution >= 0.6 is 0 Å². The molecule has 1 N–H and O–H groups in total. The first kappa shape index (κ1) is 23.8. The minimum Gasteiger partial charge on any atom is -0.493 e. The third kappa shape index (κ3) is 7.07. The fourth-order valence-electron chi connectivity index (χ4n) is 3.68. The zero-order valence-corrected chi connectivity index (χ0v) is 17.8. The smallest absolute Gasteiger partial charge is 0.255 e. The highest BCUT2D eigenvalue weighted by molar-refractivity contribution is 5.73. The quantitative estimate of drug-likeness (QED) is 0.542. The van der Waals surface area contributed by atoms with Gasteiger partial charge in [0.05, 0.1) is 37.9 Å². The number of amides is 1. The fraction of sp³-hybridized carbons (Fsp3) is 0.682. The summed E-state index contributed by atoms with van der Waals surface area (Å²) >= 11 is 0. The number of rotatable bonds is 10. The van der Waals surface area contributed by atoms with Gasteiger partial charge in [-0.25, -0.2) is 17.6 Å². The average molecular weight is 447 g/mol. The fourth-order valence-corrected chi connectivity index (χ4v) is 3.68. The second-order valence-corrected chi connectivity index (χ2v) is 8.48. The average Bonchev–Trinajstić information content (AvgIpc) is 3.31. The molecule has 0 saturated heterocycles. The molecule has 2 aliphatic rings. The van der Waals surface area contributed by atoms with Gasteiger partial charge in [-0.3, -0.25) is 4.79 Å². The molecule has 9 heteroatoms. The Hall–Kier alpha value is -1.87. The van der Waals surface area contributed by atoms with Crippen molar-refractivity contribution in [3.8, 4) is 5.75 Å². The lowest BCUT2D eigenvalue weighted by Gasteiger charge is -2.29. The van der Waals surface area contributed by atoms with Crippen LogP contribution in [-0.2, 0) is 20.9 Å². The Morgan fingerprint density at radius 2 is 1.68 bits per heavy atom. The molecular weight excluding hydrogens is 418 g/mol. The largest absolute Gasteiger partial charge is 0.493 e. The van der Waals surface area contributed by atoms with Crippen molar-refractivity contribution >= 4 is 5.91 Å². The van der Waals surface area contributed by atoms with E-state index in [0.29, 0.717) is 19.4 Å². The van der Waals surface area contributed by atoms with Gasteiger partial charge in [0, 0.05) is 37.1 Å². The van der Waals surface area contributed by atoms with E-state index in [0.717, 1.165) is 25.0 Å². The van der Waals surface area contributed by atoms with Crippen molar-refractivity contribution in [3.63, 3.8) is 0 Å². The Balaban J connectivity index is 1.39. The third-order valence-corrected chi connectivity index (χ3v) is 5.64. The lowest BCUT2D eigenvalue weighted by Crippen LogP contribution is -2.36. The van der Waals surface area contributed by atoms with Crippen LogP contribution in [0.15, 0.2) is 12.1 Å². The number of carbonyl (C=O) groups excluding carboxylic acids is 1. The standard InChI is InChI=1S/C22H29F4NO4/c1-13(27-14(2)28)10-29-16-3-5-17(6-4-16)31-12-19-20(23)7-18(8-21(19)24)30-11-15-9-22(15,25)26/h7-8,13,15-17H,3-6,9-12H2,1-2H3,(H,27,28). The molecule has 0 heterocycles. The number of benzene rings is 1. The molecule has 2 atom stereocenters. The molecule has 31 heavy (non-hydrogen) atoms. The number of hydrogen-bond donors (Lipinski definition) is 1. The van der Waals surface area contributed by atoms with E-state index in [2.05, 4.69) is 5.32 Å². The van der Waals surface area contributed by atoms with Gasteiger partial charge in [-0.1, -0.05) is 0 Å². The summed E-state index contributed by atoms with van der Waals surface area (Å²) in [5.41, 5.74) is -0.202. The van der Waals surface area contributed by atoms with Crippen molar-refractivity contribution in [2.24, 2.45) is 5.92 Å². The van der Waals surface area contributed by atoms with E-state index >= 15 is 0 Å². The molecule has 0 radical (unpaired) electrons. The zero-order chi connectivity index (χ0) is 22.6. The number of carbonyl (C=O) groups is 1. The van der Waals surface area contributed by atoms with Crippen LogP contribution in [0.2, 0.25) is 0 Å². The Kier molecular flexibility index (Phi) is 7.80. The molecule has 0 bridgehead atoms. The van der Waals surface area contributed by atoms with Gasteiger partial charge in [0.2, 0.25) is 5.91 Å². The molecule has 1 amide bonds. The number of nitrogens with one attached hydrogen (secondary N) is 1. The van der Waals surface area contributed by atoms with Crippen LogP contribution in [0, 0.1) is 17.6 Å². The molecule has 0 spiro atoms. The van der Waals surface area contributed by atoms with E-state index in [1.54, 1.807) is 0 Å². The SMILES string of the molecule is CC(=O)NC(C)COC1CCC(OCc2c(F)cc(OCC3CC3(F)F)cc2F)CC1. The van der Waals surface area contributed by atoms with Crippen molar-refractivity contribution in [1.29, 1.82) is 0 Å². The van der Waals surface area contributed by atoms with Gasteiger partial charge >= 0.3 is 0 Å². The predicted molar refractivity (Wildman–Crippen MR) is 105 cm³/mol. The lowest BCUT2D eigenvalue weighted by molar-refractivity contribution is -0.120. The summed E-state index contributed by atoms with van der Waals surface area (Å²) in [6, 6.07) is 1.94. The van der Waals surface area contributed by atoms with Crippen LogP contribution in [0.3, 0.4) is 0 Å². The molecule has 174 valence electrons. The molecule has 2 unspecified atom stereocenters. The predicted octanol–water partition coefficient (Wildman–Crippen LogP) is 4.37. The number of alkyl halides is 2. The minimum atomic E-state index is -2.74. The molecule has 1 aromatic carbocycles. The summed E-state index contributed by atoms with van der Waals surface area (Å²) in [5.74, 6) is -5.47. The van der Waals surface area contributed by atoms with E-state index in [9.17, 15) is 22.4 Å². The van der Waals surface area contributed by atoms with Crippen LogP contribution in [-0.4, -0.2) is 43.3 Å². The normalized spacial score (nSPS) is 25.7. The summed E-state index contributed by atoms with van der Waals surface area (Å²) in [6.45, 7) is 3.28. The topological polar surface area (TPSA) is 56.8 Å². The third-order valence-electron chi connectivity index (χ3n) is 5.64. The molecule has 0 aliphatic heterocycles. The maximum Gasteiger partial charge on any atom is 0.255 e.